The molecule has 14 heavy (non-hydrogen) atoms. The molecule has 0 aliphatic rings. The van der Waals surface area contributed by atoms with Gasteiger partial charge in [-0.2, -0.15) is 0 Å². The Morgan fingerprint density at radius 3 is 2.29 bits per heavy atom. The smallest absolute Gasteiger partial charge is 0.305 e. The molecule has 3 nitrogen and oxygen atoms in total. The molecule has 0 bridgehead atoms. The molecule has 0 rings (SSSR count). The van der Waals surface area contributed by atoms with E-state index in [0.717, 1.165) is 25.8 Å². The SMILES string of the molecule is CCOC(=O)CCCCCCCN.Cl. The number of rotatable bonds is 8. The van der Waals surface area contributed by atoms with Crippen LogP contribution < -0.4 is 5.73 Å². The van der Waals surface area contributed by atoms with Crippen LogP contribution in [0.5, 0.6) is 0 Å². The summed E-state index contributed by atoms with van der Waals surface area (Å²) in [6.45, 7) is 3.10. The molecule has 0 atom stereocenters. The largest absolute Gasteiger partial charge is 0.466 e. The molecule has 0 saturated heterocycles. The molecule has 0 unspecified atom stereocenters. The minimum Gasteiger partial charge on any atom is -0.466 e. The van der Waals surface area contributed by atoms with Gasteiger partial charge >= 0.3 is 5.97 Å². The maximum absolute atomic E-state index is 10.9. The standard InChI is InChI=1S/C10H21NO2.ClH/c1-2-13-10(12)8-6-4-3-5-7-9-11;/h2-9,11H2,1H3;1H. The Bertz CT molecular complexity index is 131. The molecule has 86 valence electrons. The van der Waals surface area contributed by atoms with Crippen molar-refractivity contribution in [1.82, 2.24) is 0 Å². The first-order valence-corrected chi connectivity index (χ1v) is 5.17. The number of unbranched alkanes of at least 4 members (excludes halogenated alkanes) is 4. The van der Waals surface area contributed by atoms with Crippen LogP contribution >= 0.6 is 12.4 Å². The average Bonchev–Trinajstić information content (AvgIpc) is 2.11. The van der Waals surface area contributed by atoms with E-state index in [4.69, 9.17) is 10.5 Å². The quantitative estimate of drug-likeness (QED) is 0.507. The Morgan fingerprint density at radius 1 is 1.14 bits per heavy atom. The van der Waals surface area contributed by atoms with Crippen molar-refractivity contribution >= 4 is 18.4 Å². The number of ether oxygens (including phenoxy) is 1. The van der Waals surface area contributed by atoms with Crippen LogP contribution in [0.25, 0.3) is 0 Å². The van der Waals surface area contributed by atoms with E-state index in [1.54, 1.807) is 0 Å². The number of hydrogen-bond donors (Lipinski definition) is 1. The van der Waals surface area contributed by atoms with Crippen molar-refractivity contribution < 1.29 is 9.53 Å². The molecular formula is C10H22ClNO2. The number of carbonyl (C=O) groups excluding carboxylic acids is 1. The lowest BCUT2D eigenvalue weighted by atomic mass is 10.1. The second-order valence-corrected chi connectivity index (χ2v) is 3.11. The maximum atomic E-state index is 10.9. The predicted molar refractivity (Wildman–Crippen MR) is 60.6 cm³/mol. The number of hydrogen-bond acceptors (Lipinski definition) is 3. The zero-order valence-electron chi connectivity index (χ0n) is 8.96. The molecule has 0 amide bonds. The summed E-state index contributed by atoms with van der Waals surface area (Å²) in [5.74, 6) is -0.0682. The van der Waals surface area contributed by atoms with Crippen molar-refractivity contribution in [2.24, 2.45) is 5.73 Å². The van der Waals surface area contributed by atoms with Crippen LogP contribution in [0.15, 0.2) is 0 Å². The lowest BCUT2D eigenvalue weighted by Crippen LogP contribution is -2.03. The van der Waals surface area contributed by atoms with Crippen molar-refractivity contribution in [2.75, 3.05) is 13.2 Å². The summed E-state index contributed by atoms with van der Waals surface area (Å²) in [6, 6.07) is 0. The molecule has 0 spiro atoms. The molecule has 0 fully saturated rings. The first kappa shape index (κ1) is 16.2. The summed E-state index contributed by atoms with van der Waals surface area (Å²) in [5.41, 5.74) is 5.36. The van der Waals surface area contributed by atoms with Gasteiger partial charge in [0.2, 0.25) is 0 Å². The Balaban J connectivity index is 0. The maximum Gasteiger partial charge on any atom is 0.305 e. The van der Waals surface area contributed by atoms with Gasteiger partial charge in [-0.05, 0) is 26.3 Å². The van der Waals surface area contributed by atoms with Crippen LogP contribution in [0, 0.1) is 0 Å². The summed E-state index contributed by atoms with van der Waals surface area (Å²) in [4.78, 5) is 10.9. The van der Waals surface area contributed by atoms with E-state index in [1.165, 1.54) is 12.8 Å². The zero-order valence-corrected chi connectivity index (χ0v) is 9.78. The fourth-order valence-electron chi connectivity index (χ4n) is 1.18. The highest BCUT2D eigenvalue weighted by molar-refractivity contribution is 5.85. The Hall–Kier alpha value is -0.280. The fraction of sp³-hybridized carbons (Fsp3) is 0.900. The summed E-state index contributed by atoms with van der Waals surface area (Å²) in [6.07, 6.45) is 6.08. The van der Waals surface area contributed by atoms with E-state index in [0.29, 0.717) is 13.0 Å². The molecule has 0 saturated carbocycles. The average molecular weight is 224 g/mol. The molecule has 2 N–H and O–H groups in total. The van der Waals surface area contributed by atoms with Gasteiger partial charge < -0.3 is 10.5 Å². The van der Waals surface area contributed by atoms with Crippen LogP contribution in [0.3, 0.4) is 0 Å². The van der Waals surface area contributed by atoms with Gasteiger partial charge in [0.05, 0.1) is 6.61 Å². The third-order valence-corrected chi connectivity index (χ3v) is 1.89. The summed E-state index contributed by atoms with van der Waals surface area (Å²) >= 11 is 0. The lowest BCUT2D eigenvalue weighted by molar-refractivity contribution is -0.143. The molecule has 4 heteroatoms. The van der Waals surface area contributed by atoms with Crippen molar-refractivity contribution in [3.05, 3.63) is 0 Å². The zero-order chi connectivity index (χ0) is 9.94. The van der Waals surface area contributed by atoms with Crippen LogP contribution in [0.2, 0.25) is 0 Å². The van der Waals surface area contributed by atoms with Gasteiger partial charge in [0.15, 0.2) is 0 Å². The molecule has 0 aromatic rings. The number of carbonyl (C=O) groups is 1. The summed E-state index contributed by atoms with van der Waals surface area (Å²) < 4.78 is 4.81. The fourth-order valence-corrected chi connectivity index (χ4v) is 1.18. The minimum atomic E-state index is -0.0682. The van der Waals surface area contributed by atoms with Gasteiger partial charge in [-0.15, -0.1) is 12.4 Å². The van der Waals surface area contributed by atoms with Gasteiger partial charge in [0.1, 0.15) is 0 Å². The van der Waals surface area contributed by atoms with Crippen LogP contribution in [0.1, 0.15) is 45.4 Å². The Morgan fingerprint density at radius 2 is 1.71 bits per heavy atom. The predicted octanol–water partition coefficient (Wildman–Crippen LogP) is 2.27. The second-order valence-electron chi connectivity index (χ2n) is 3.11. The van der Waals surface area contributed by atoms with Gasteiger partial charge in [-0.1, -0.05) is 19.3 Å². The monoisotopic (exact) mass is 223 g/mol. The van der Waals surface area contributed by atoms with Crippen LogP contribution in [-0.2, 0) is 9.53 Å². The van der Waals surface area contributed by atoms with Gasteiger partial charge in [-0.25, -0.2) is 0 Å². The normalized spacial score (nSPS) is 9.29. The summed E-state index contributed by atoms with van der Waals surface area (Å²) in [7, 11) is 0. The third-order valence-electron chi connectivity index (χ3n) is 1.89. The van der Waals surface area contributed by atoms with Crippen molar-refractivity contribution in [3.8, 4) is 0 Å². The first-order chi connectivity index (χ1) is 6.31. The van der Waals surface area contributed by atoms with E-state index in [1.807, 2.05) is 6.92 Å². The van der Waals surface area contributed by atoms with Crippen LogP contribution in [-0.4, -0.2) is 19.1 Å². The highest BCUT2D eigenvalue weighted by Crippen LogP contribution is 2.05. The van der Waals surface area contributed by atoms with Crippen molar-refractivity contribution in [2.45, 2.75) is 45.4 Å². The van der Waals surface area contributed by atoms with Gasteiger partial charge in [-0.3, -0.25) is 4.79 Å². The van der Waals surface area contributed by atoms with E-state index in [2.05, 4.69) is 0 Å². The van der Waals surface area contributed by atoms with E-state index in [9.17, 15) is 4.79 Å². The van der Waals surface area contributed by atoms with Gasteiger partial charge in [0, 0.05) is 6.42 Å². The highest BCUT2D eigenvalue weighted by Gasteiger charge is 1.99. The molecular weight excluding hydrogens is 202 g/mol. The van der Waals surface area contributed by atoms with Gasteiger partial charge in [0.25, 0.3) is 0 Å². The molecule has 0 aromatic heterocycles. The second kappa shape index (κ2) is 12.7. The van der Waals surface area contributed by atoms with E-state index >= 15 is 0 Å². The van der Waals surface area contributed by atoms with E-state index < -0.39 is 0 Å². The lowest BCUT2D eigenvalue weighted by Gasteiger charge is -2.01. The summed E-state index contributed by atoms with van der Waals surface area (Å²) in [5, 5.41) is 0. The third kappa shape index (κ3) is 11.7. The van der Waals surface area contributed by atoms with E-state index in [-0.39, 0.29) is 18.4 Å². The molecule has 0 radical (unpaired) electrons. The number of esters is 1. The first-order valence-electron chi connectivity index (χ1n) is 5.17. The Labute approximate surface area is 92.8 Å². The highest BCUT2D eigenvalue weighted by atomic mass is 35.5. The number of nitrogens with two attached hydrogens (primary N) is 1. The van der Waals surface area contributed by atoms with Crippen molar-refractivity contribution in [3.63, 3.8) is 0 Å². The molecule has 0 heterocycles. The Kier molecular flexibility index (Phi) is 14.7. The topological polar surface area (TPSA) is 52.3 Å². The molecule has 0 aromatic carbocycles. The van der Waals surface area contributed by atoms with Crippen LogP contribution in [0.4, 0.5) is 0 Å². The minimum absolute atomic E-state index is 0. The molecule has 0 aliphatic heterocycles. The van der Waals surface area contributed by atoms with Crippen molar-refractivity contribution in [1.29, 1.82) is 0 Å². The molecule has 0 aliphatic carbocycles. The number of halogens is 1.